The Kier molecular flexibility index (Phi) is 5.71. The summed E-state index contributed by atoms with van der Waals surface area (Å²) in [6.07, 6.45) is 3.00. The molecular formula is C10H20N4S. The van der Waals surface area contributed by atoms with Gasteiger partial charge in [-0.15, -0.1) is 5.10 Å². The van der Waals surface area contributed by atoms with Crippen LogP contribution in [0.1, 0.15) is 32.0 Å². The first-order valence-corrected chi connectivity index (χ1v) is 6.60. The summed E-state index contributed by atoms with van der Waals surface area (Å²) in [7, 11) is 1.94. The van der Waals surface area contributed by atoms with Gasteiger partial charge in [-0.1, -0.05) is 19.1 Å². The molecule has 0 amide bonds. The van der Waals surface area contributed by atoms with Crippen LogP contribution in [-0.2, 0) is 7.05 Å². The summed E-state index contributed by atoms with van der Waals surface area (Å²) in [4.78, 5) is 0. The highest BCUT2D eigenvalue weighted by Crippen LogP contribution is 2.16. The molecular weight excluding hydrogens is 208 g/mol. The van der Waals surface area contributed by atoms with Crippen LogP contribution in [0.4, 0.5) is 0 Å². The van der Waals surface area contributed by atoms with Crippen LogP contribution >= 0.6 is 11.8 Å². The van der Waals surface area contributed by atoms with Gasteiger partial charge in [0.05, 0.1) is 17.9 Å². The van der Waals surface area contributed by atoms with E-state index in [4.69, 9.17) is 0 Å². The molecule has 0 spiro atoms. The Hall–Kier alpha value is -0.550. The van der Waals surface area contributed by atoms with Gasteiger partial charge in [-0.2, -0.15) is 11.8 Å². The Labute approximate surface area is 95.8 Å². The van der Waals surface area contributed by atoms with Gasteiger partial charge in [0.1, 0.15) is 0 Å². The molecule has 0 saturated carbocycles. The minimum Gasteiger partial charge on any atom is -0.308 e. The van der Waals surface area contributed by atoms with Gasteiger partial charge in [-0.05, 0) is 18.7 Å². The Morgan fingerprint density at radius 2 is 2.33 bits per heavy atom. The van der Waals surface area contributed by atoms with Gasteiger partial charge in [0, 0.05) is 12.8 Å². The molecule has 0 aliphatic heterocycles. The summed E-state index contributed by atoms with van der Waals surface area (Å²) in [5.74, 6) is 2.23. The van der Waals surface area contributed by atoms with Crippen molar-refractivity contribution in [1.82, 2.24) is 20.3 Å². The lowest BCUT2D eigenvalue weighted by atomic mass is 10.2. The standard InChI is InChI=1S/C10H20N4S/c1-4-6-11-9(8-15-5-2)10-7-12-13-14(10)3/h7,9,11H,4-6,8H2,1-3H3. The number of nitrogens with one attached hydrogen (secondary N) is 1. The third-order valence-electron chi connectivity index (χ3n) is 2.24. The van der Waals surface area contributed by atoms with Crippen LogP contribution in [0.15, 0.2) is 6.20 Å². The highest BCUT2D eigenvalue weighted by atomic mass is 32.2. The first kappa shape index (κ1) is 12.5. The van der Waals surface area contributed by atoms with E-state index in [0.717, 1.165) is 24.5 Å². The molecule has 1 unspecified atom stereocenters. The average molecular weight is 228 g/mol. The van der Waals surface area contributed by atoms with Crippen LogP contribution in [-0.4, -0.2) is 33.0 Å². The molecule has 0 radical (unpaired) electrons. The molecule has 5 heteroatoms. The fourth-order valence-corrected chi connectivity index (χ4v) is 2.18. The number of aromatic nitrogens is 3. The van der Waals surface area contributed by atoms with Gasteiger partial charge in [0.25, 0.3) is 0 Å². The lowest BCUT2D eigenvalue weighted by Gasteiger charge is -2.17. The minimum atomic E-state index is 0.370. The van der Waals surface area contributed by atoms with E-state index in [-0.39, 0.29) is 0 Å². The largest absolute Gasteiger partial charge is 0.308 e. The molecule has 86 valence electrons. The van der Waals surface area contributed by atoms with Crippen LogP contribution in [0.5, 0.6) is 0 Å². The Morgan fingerprint density at radius 1 is 1.53 bits per heavy atom. The zero-order valence-electron chi connectivity index (χ0n) is 9.73. The monoisotopic (exact) mass is 228 g/mol. The third kappa shape index (κ3) is 3.83. The lowest BCUT2D eigenvalue weighted by Crippen LogP contribution is -2.26. The van der Waals surface area contributed by atoms with Gasteiger partial charge < -0.3 is 5.32 Å². The summed E-state index contributed by atoms with van der Waals surface area (Å²) in [6.45, 7) is 5.40. The minimum absolute atomic E-state index is 0.370. The number of hydrogen-bond acceptors (Lipinski definition) is 4. The van der Waals surface area contributed by atoms with Crippen molar-refractivity contribution in [3.05, 3.63) is 11.9 Å². The van der Waals surface area contributed by atoms with Gasteiger partial charge in [-0.3, -0.25) is 4.68 Å². The number of hydrogen-bond donors (Lipinski definition) is 1. The Morgan fingerprint density at radius 3 is 2.87 bits per heavy atom. The third-order valence-corrected chi connectivity index (χ3v) is 3.21. The molecule has 1 aromatic rings. The number of thioether (sulfide) groups is 1. The molecule has 0 fully saturated rings. The van der Waals surface area contributed by atoms with E-state index in [1.807, 2.05) is 29.7 Å². The quantitative estimate of drug-likeness (QED) is 0.770. The van der Waals surface area contributed by atoms with Gasteiger partial charge in [0.2, 0.25) is 0 Å². The summed E-state index contributed by atoms with van der Waals surface area (Å²) in [6, 6.07) is 0.370. The molecule has 1 rings (SSSR count). The molecule has 15 heavy (non-hydrogen) atoms. The van der Waals surface area contributed by atoms with Crippen LogP contribution in [0.2, 0.25) is 0 Å². The molecule has 0 aromatic carbocycles. The van der Waals surface area contributed by atoms with Crippen molar-refractivity contribution >= 4 is 11.8 Å². The first-order valence-electron chi connectivity index (χ1n) is 5.45. The smallest absolute Gasteiger partial charge is 0.0761 e. The lowest BCUT2D eigenvalue weighted by molar-refractivity contribution is 0.532. The zero-order chi connectivity index (χ0) is 11.1. The predicted octanol–water partition coefficient (Wildman–Crippen LogP) is 1.61. The molecule has 1 aromatic heterocycles. The van der Waals surface area contributed by atoms with E-state index < -0.39 is 0 Å². The number of rotatable bonds is 7. The van der Waals surface area contributed by atoms with E-state index >= 15 is 0 Å². The Balaban J connectivity index is 2.58. The molecule has 1 heterocycles. The maximum atomic E-state index is 3.97. The molecule has 1 atom stereocenters. The van der Waals surface area contributed by atoms with Crippen molar-refractivity contribution in [3.63, 3.8) is 0 Å². The van der Waals surface area contributed by atoms with Gasteiger partial charge >= 0.3 is 0 Å². The summed E-state index contributed by atoms with van der Waals surface area (Å²) in [5.41, 5.74) is 1.17. The van der Waals surface area contributed by atoms with Crippen LogP contribution in [0.25, 0.3) is 0 Å². The van der Waals surface area contributed by atoms with Crippen molar-refractivity contribution in [2.45, 2.75) is 26.3 Å². The molecule has 1 N–H and O–H groups in total. The van der Waals surface area contributed by atoms with E-state index in [9.17, 15) is 0 Å². The molecule has 0 aliphatic carbocycles. The fourth-order valence-electron chi connectivity index (χ4n) is 1.42. The second kappa shape index (κ2) is 6.85. The number of nitrogens with zero attached hydrogens (tertiary/aromatic N) is 3. The van der Waals surface area contributed by atoms with Crippen molar-refractivity contribution < 1.29 is 0 Å². The molecule has 4 nitrogen and oxygen atoms in total. The highest BCUT2D eigenvalue weighted by Gasteiger charge is 2.14. The van der Waals surface area contributed by atoms with E-state index in [1.54, 1.807) is 0 Å². The first-order chi connectivity index (χ1) is 7.29. The van der Waals surface area contributed by atoms with Crippen LogP contribution in [0.3, 0.4) is 0 Å². The predicted molar refractivity (Wildman–Crippen MR) is 65.0 cm³/mol. The topological polar surface area (TPSA) is 42.7 Å². The zero-order valence-corrected chi connectivity index (χ0v) is 10.5. The molecule has 0 bridgehead atoms. The van der Waals surface area contributed by atoms with E-state index in [1.165, 1.54) is 5.69 Å². The van der Waals surface area contributed by atoms with Crippen molar-refractivity contribution in [3.8, 4) is 0 Å². The second-order valence-corrected chi connectivity index (χ2v) is 4.77. The van der Waals surface area contributed by atoms with Gasteiger partial charge in [0.15, 0.2) is 0 Å². The maximum Gasteiger partial charge on any atom is 0.0761 e. The maximum absolute atomic E-state index is 3.97. The fraction of sp³-hybridized carbons (Fsp3) is 0.800. The number of aryl methyl sites for hydroxylation is 1. The van der Waals surface area contributed by atoms with E-state index in [2.05, 4.69) is 29.5 Å². The van der Waals surface area contributed by atoms with E-state index in [0.29, 0.717) is 6.04 Å². The van der Waals surface area contributed by atoms with Crippen LogP contribution in [0, 0.1) is 0 Å². The van der Waals surface area contributed by atoms with Crippen molar-refractivity contribution in [2.75, 3.05) is 18.1 Å². The molecule has 0 aliphatic rings. The van der Waals surface area contributed by atoms with Crippen molar-refractivity contribution in [2.24, 2.45) is 7.05 Å². The van der Waals surface area contributed by atoms with Crippen LogP contribution < -0.4 is 5.32 Å². The average Bonchev–Trinajstić information content (AvgIpc) is 2.65. The summed E-state index contributed by atoms with van der Waals surface area (Å²) in [5, 5.41) is 11.4. The van der Waals surface area contributed by atoms with Gasteiger partial charge in [-0.25, -0.2) is 0 Å². The highest BCUT2D eigenvalue weighted by molar-refractivity contribution is 7.99. The summed E-state index contributed by atoms with van der Waals surface area (Å²) < 4.78 is 1.85. The van der Waals surface area contributed by atoms with Crippen molar-refractivity contribution in [1.29, 1.82) is 0 Å². The summed E-state index contributed by atoms with van der Waals surface area (Å²) >= 11 is 1.94. The Bertz CT molecular complexity index is 266. The molecule has 0 saturated heterocycles. The SMILES string of the molecule is CCCNC(CSCC)c1cnnn1C. The second-order valence-electron chi connectivity index (χ2n) is 3.45. The normalized spacial score (nSPS) is 13.0.